The highest BCUT2D eigenvalue weighted by Crippen LogP contribution is 2.28. The molecule has 0 fully saturated rings. The van der Waals surface area contributed by atoms with Crippen molar-refractivity contribution in [3.63, 3.8) is 0 Å². The van der Waals surface area contributed by atoms with Gasteiger partial charge in [-0.25, -0.2) is 4.98 Å². The molecule has 0 aliphatic rings. The van der Waals surface area contributed by atoms with Gasteiger partial charge in [-0.1, -0.05) is 13.8 Å². The average Bonchev–Trinajstić information content (AvgIpc) is 2.71. The van der Waals surface area contributed by atoms with E-state index in [2.05, 4.69) is 50.5 Å². The third kappa shape index (κ3) is 2.35. The Balaban J connectivity index is 2.70. The van der Waals surface area contributed by atoms with Crippen LogP contribution in [0.5, 0.6) is 0 Å². The zero-order valence-electron chi connectivity index (χ0n) is 12.2. The van der Waals surface area contributed by atoms with Crippen molar-refractivity contribution in [1.82, 2.24) is 9.55 Å². The Labute approximate surface area is 114 Å². The molecule has 0 unspecified atom stereocenters. The minimum Gasteiger partial charge on any atom is -0.314 e. The highest BCUT2D eigenvalue weighted by molar-refractivity contribution is 5.78. The fraction of sp³-hybridized carbons (Fsp3) is 0.500. The molecule has 0 spiro atoms. The molecule has 1 aromatic carbocycles. The van der Waals surface area contributed by atoms with Crippen molar-refractivity contribution < 1.29 is 0 Å². The molecular formula is C16H21N3. The first kappa shape index (κ1) is 13.6. The second kappa shape index (κ2) is 5.44. The molecule has 0 atom stereocenters. The van der Waals surface area contributed by atoms with Gasteiger partial charge in [0.2, 0.25) is 0 Å². The highest BCUT2D eigenvalue weighted by atomic mass is 15.1. The zero-order chi connectivity index (χ0) is 14.0. The predicted molar refractivity (Wildman–Crippen MR) is 78.1 cm³/mol. The van der Waals surface area contributed by atoms with Crippen molar-refractivity contribution in [3.05, 3.63) is 29.1 Å². The average molecular weight is 255 g/mol. The Hall–Kier alpha value is -1.82. The van der Waals surface area contributed by atoms with E-state index in [0.717, 1.165) is 29.7 Å². The van der Waals surface area contributed by atoms with Gasteiger partial charge in [-0.05, 0) is 49.9 Å². The third-order valence-corrected chi connectivity index (χ3v) is 3.97. The van der Waals surface area contributed by atoms with Gasteiger partial charge in [0.05, 0.1) is 17.1 Å². The quantitative estimate of drug-likeness (QED) is 0.826. The van der Waals surface area contributed by atoms with Gasteiger partial charge >= 0.3 is 0 Å². The van der Waals surface area contributed by atoms with Gasteiger partial charge in [0.15, 0.2) is 0 Å². The minimum atomic E-state index is 0.380. The van der Waals surface area contributed by atoms with Crippen LogP contribution >= 0.6 is 0 Å². The second-order valence-corrected chi connectivity index (χ2v) is 5.15. The summed E-state index contributed by atoms with van der Waals surface area (Å²) in [6.07, 6.45) is 2.12. The Kier molecular flexibility index (Phi) is 3.90. The van der Waals surface area contributed by atoms with E-state index in [0.29, 0.717) is 12.5 Å². The molecule has 1 aromatic heterocycles. The number of hydrogen-bond donors (Lipinski definition) is 0. The number of aromatic nitrogens is 2. The summed E-state index contributed by atoms with van der Waals surface area (Å²) in [5.41, 5.74) is 4.61. The molecule has 0 N–H and O–H groups in total. The molecule has 3 nitrogen and oxygen atoms in total. The number of rotatable bonds is 4. The topological polar surface area (TPSA) is 41.6 Å². The molecule has 0 amide bonds. The van der Waals surface area contributed by atoms with Gasteiger partial charge in [0, 0.05) is 5.92 Å². The number of aryl methyl sites for hydroxylation is 2. The molecule has 0 saturated carbocycles. The third-order valence-electron chi connectivity index (χ3n) is 3.97. The maximum absolute atomic E-state index is 9.07. The van der Waals surface area contributed by atoms with E-state index in [9.17, 15) is 0 Å². The summed E-state index contributed by atoms with van der Waals surface area (Å²) < 4.78 is 2.08. The summed E-state index contributed by atoms with van der Waals surface area (Å²) in [5, 5.41) is 9.07. The summed E-state index contributed by atoms with van der Waals surface area (Å²) >= 11 is 0. The van der Waals surface area contributed by atoms with Crippen molar-refractivity contribution in [2.24, 2.45) is 0 Å². The number of nitriles is 1. The Bertz CT molecular complexity index is 627. The molecule has 2 aromatic rings. The van der Waals surface area contributed by atoms with Crippen LogP contribution in [0.2, 0.25) is 0 Å². The first-order valence-corrected chi connectivity index (χ1v) is 6.96. The summed E-state index contributed by atoms with van der Waals surface area (Å²) in [7, 11) is 0. The van der Waals surface area contributed by atoms with Crippen molar-refractivity contribution in [2.45, 2.75) is 53.0 Å². The van der Waals surface area contributed by atoms with Gasteiger partial charge in [-0.15, -0.1) is 0 Å². The maximum atomic E-state index is 9.07. The number of benzene rings is 1. The van der Waals surface area contributed by atoms with E-state index in [1.165, 1.54) is 11.1 Å². The lowest BCUT2D eigenvalue weighted by Crippen LogP contribution is -2.07. The van der Waals surface area contributed by atoms with Crippen LogP contribution in [0, 0.1) is 25.2 Å². The van der Waals surface area contributed by atoms with Crippen molar-refractivity contribution in [2.75, 3.05) is 0 Å². The Morgan fingerprint density at radius 3 is 2.42 bits per heavy atom. The van der Waals surface area contributed by atoms with Crippen LogP contribution in [-0.4, -0.2) is 9.55 Å². The highest BCUT2D eigenvalue weighted by Gasteiger charge is 2.17. The first-order valence-electron chi connectivity index (χ1n) is 6.96. The van der Waals surface area contributed by atoms with Crippen LogP contribution in [0.1, 0.15) is 49.6 Å². The lowest BCUT2D eigenvalue weighted by Gasteiger charge is -2.13. The SMILES string of the molecule is CCC(CC)c1nc2cc(C)c(C)cc2n1CC#N. The predicted octanol–water partition coefficient (Wildman–Crippen LogP) is 4.08. The van der Waals surface area contributed by atoms with E-state index in [1.54, 1.807) is 0 Å². The van der Waals surface area contributed by atoms with Crippen LogP contribution in [0.25, 0.3) is 11.0 Å². The van der Waals surface area contributed by atoms with Gasteiger partial charge in [0.25, 0.3) is 0 Å². The molecule has 2 rings (SSSR count). The molecule has 19 heavy (non-hydrogen) atoms. The van der Waals surface area contributed by atoms with Crippen molar-refractivity contribution in [3.8, 4) is 6.07 Å². The number of imidazole rings is 1. The van der Waals surface area contributed by atoms with E-state index in [1.807, 2.05) is 0 Å². The van der Waals surface area contributed by atoms with Crippen LogP contribution in [0.3, 0.4) is 0 Å². The fourth-order valence-electron chi connectivity index (χ4n) is 2.60. The van der Waals surface area contributed by atoms with E-state index in [-0.39, 0.29) is 0 Å². The molecule has 0 aliphatic heterocycles. The smallest absolute Gasteiger partial charge is 0.113 e. The van der Waals surface area contributed by atoms with Crippen molar-refractivity contribution >= 4 is 11.0 Å². The van der Waals surface area contributed by atoms with Crippen LogP contribution < -0.4 is 0 Å². The number of fused-ring (bicyclic) bond motifs is 1. The standard InChI is InChI=1S/C16H21N3/c1-5-13(6-2)16-18-14-9-11(3)12(4)10-15(14)19(16)8-7-17/h9-10,13H,5-6,8H2,1-4H3. The van der Waals surface area contributed by atoms with E-state index in [4.69, 9.17) is 10.2 Å². The number of hydrogen-bond acceptors (Lipinski definition) is 2. The van der Waals surface area contributed by atoms with Crippen molar-refractivity contribution in [1.29, 1.82) is 5.26 Å². The molecule has 3 heteroatoms. The summed E-state index contributed by atoms with van der Waals surface area (Å²) in [5.74, 6) is 1.49. The van der Waals surface area contributed by atoms with Gasteiger partial charge < -0.3 is 4.57 Å². The molecule has 0 saturated heterocycles. The minimum absolute atomic E-state index is 0.380. The molecule has 100 valence electrons. The largest absolute Gasteiger partial charge is 0.314 e. The molecular weight excluding hydrogens is 234 g/mol. The lowest BCUT2D eigenvalue weighted by molar-refractivity contribution is 0.574. The van der Waals surface area contributed by atoms with Crippen LogP contribution in [-0.2, 0) is 6.54 Å². The molecule has 0 aliphatic carbocycles. The fourth-order valence-corrected chi connectivity index (χ4v) is 2.60. The lowest BCUT2D eigenvalue weighted by atomic mass is 10.0. The van der Waals surface area contributed by atoms with Gasteiger partial charge in [-0.3, -0.25) is 0 Å². The molecule has 0 bridgehead atoms. The Morgan fingerprint density at radius 2 is 1.84 bits per heavy atom. The van der Waals surface area contributed by atoms with Gasteiger partial charge in [0.1, 0.15) is 12.4 Å². The normalized spacial score (nSPS) is 11.2. The molecule has 0 radical (unpaired) electrons. The maximum Gasteiger partial charge on any atom is 0.113 e. The van der Waals surface area contributed by atoms with Gasteiger partial charge in [-0.2, -0.15) is 5.26 Å². The zero-order valence-corrected chi connectivity index (χ0v) is 12.2. The first-order chi connectivity index (χ1) is 9.12. The second-order valence-electron chi connectivity index (χ2n) is 5.15. The number of nitrogens with zero attached hydrogens (tertiary/aromatic N) is 3. The summed E-state index contributed by atoms with van der Waals surface area (Å²) in [6, 6.07) is 6.55. The van der Waals surface area contributed by atoms with Crippen LogP contribution in [0.15, 0.2) is 12.1 Å². The Morgan fingerprint density at radius 1 is 1.21 bits per heavy atom. The monoisotopic (exact) mass is 255 g/mol. The van der Waals surface area contributed by atoms with E-state index >= 15 is 0 Å². The summed E-state index contributed by atoms with van der Waals surface area (Å²) in [4.78, 5) is 4.79. The van der Waals surface area contributed by atoms with Crippen LogP contribution in [0.4, 0.5) is 0 Å². The summed E-state index contributed by atoms with van der Waals surface area (Å²) in [6.45, 7) is 8.95. The molecule has 1 heterocycles. The van der Waals surface area contributed by atoms with E-state index < -0.39 is 0 Å².